The van der Waals surface area contributed by atoms with Gasteiger partial charge in [0.25, 0.3) is 5.88 Å². The molecular weight excluding hydrogens is 404 g/mol. The van der Waals surface area contributed by atoms with E-state index >= 15 is 0 Å². The number of benzene rings is 2. The number of amides is 1. The Labute approximate surface area is 185 Å². The lowest BCUT2D eigenvalue weighted by Gasteiger charge is -2.34. The Morgan fingerprint density at radius 3 is 2.84 bits per heavy atom. The van der Waals surface area contributed by atoms with Gasteiger partial charge in [-0.25, -0.2) is 4.98 Å². The predicted octanol–water partition coefficient (Wildman–Crippen LogP) is 4.47. The van der Waals surface area contributed by atoms with E-state index in [0.29, 0.717) is 29.8 Å². The van der Waals surface area contributed by atoms with Crippen LogP contribution in [-0.2, 0) is 11.2 Å². The van der Waals surface area contributed by atoms with Crippen LogP contribution in [0.4, 0.5) is 5.82 Å². The van der Waals surface area contributed by atoms with Gasteiger partial charge in [0.1, 0.15) is 6.10 Å². The summed E-state index contributed by atoms with van der Waals surface area (Å²) in [5.74, 6) is 1.92. The summed E-state index contributed by atoms with van der Waals surface area (Å²) in [4.78, 5) is 16.8. The Kier molecular flexibility index (Phi) is 5.46. The first kappa shape index (κ1) is 20.1. The molecule has 7 nitrogen and oxygen atoms in total. The number of hydrogen-bond donors (Lipinski definition) is 2. The third kappa shape index (κ3) is 4.14. The number of aromatic amines is 1. The Hall–Kier alpha value is -3.87. The minimum absolute atomic E-state index is 0.0801. The van der Waals surface area contributed by atoms with Gasteiger partial charge in [-0.1, -0.05) is 42.5 Å². The molecule has 1 fully saturated rings. The third-order valence-corrected chi connectivity index (χ3v) is 5.87. The van der Waals surface area contributed by atoms with Crippen molar-refractivity contribution in [3.63, 3.8) is 0 Å². The highest BCUT2D eigenvalue weighted by Gasteiger charge is 2.34. The summed E-state index contributed by atoms with van der Waals surface area (Å²) in [6, 6.07) is 19.7. The second kappa shape index (κ2) is 8.70. The molecule has 162 valence electrons. The number of anilines is 1. The number of nitrogens with one attached hydrogen (secondary N) is 2. The van der Waals surface area contributed by atoms with Gasteiger partial charge in [-0.15, -0.1) is 0 Å². The number of carbonyl (C=O) groups is 1. The monoisotopic (exact) mass is 428 g/mol. The SMILES string of the molecule is COc1cccnc1O[C@H]1C[C@@H](c2cc(NC(=O)Cc3cccc4ccccc34)n[nH]2)C1. The van der Waals surface area contributed by atoms with E-state index in [4.69, 9.17) is 9.47 Å². The molecule has 1 amide bonds. The highest BCUT2D eigenvalue weighted by atomic mass is 16.5. The fraction of sp³-hybridized carbons (Fsp3) is 0.240. The molecule has 2 heterocycles. The first-order chi connectivity index (χ1) is 15.7. The van der Waals surface area contributed by atoms with Crippen molar-refractivity contribution in [2.24, 2.45) is 0 Å². The minimum atomic E-state index is -0.0866. The zero-order valence-electron chi connectivity index (χ0n) is 17.7. The van der Waals surface area contributed by atoms with E-state index in [2.05, 4.69) is 32.6 Å². The van der Waals surface area contributed by atoms with Crippen molar-refractivity contribution in [3.8, 4) is 11.6 Å². The maximum Gasteiger partial charge on any atom is 0.257 e. The number of rotatable bonds is 7. The third-order valence-electron chi connectivity index (χ3n) is 5.87. The van der Waals surface area contributed by atoms with E-state index in [1.165, 1.54) is 0 Å². The molecule has 1 aliphatic rings. The standard InChI is InChI=1S/C25H24N4O3/c1-31-22-10-5-11-26-25(22)32-19-12-18(13-19)21-15-23(29-28-21)27-24(30)14-17-8-4-7-16-6-2-3-9-20(16)17/h2-11,15,18-19H,12-14H2,1H3,(H2,27,28,29,30)/t18-,19+. The normalized spacial score (nSPS) is 17.5. The van der Waals surface area contributed by atoms with Crippen molar-refractivity contribution in [1.29, 1.82) is 0 Å². The summed E-state index contributed by atoms with van der Waals surface area (Å²) >= 11 is 0. The van der Waals surface area contributed by atoms with Crippen LogP contribution in [0.25, 0.3) is 10.8 Å². The molecule has 1 aliphatic carbocycles. The smallest absolute Gasteiger partial charge is 0.257 e. The van der Waals surface area contributed by atoms with E-state index < -0.39 is 0 Å². The van der Waals surface area contributed by atoms with Gasteiger partial charge in [0.15, 0.2) is 11.6 Å². The number of hydrogen-bond acceptors (Lipinski definition) is 5. The molecule has 1 saturated carbocycles. The lowest BCUT2D eigenvalue weighted by Crippen LogP contribution is -2.32. The molecule has 0 unspecified atom stereocenters. The van der Waals surface area contributed by atoms with Crippen molar-refractivity contribution in [2.75, 3.05) is 12.4 Å². The summed E-state index contributed by atoms with van der Waals surface area (Å²) in [6.45, 7) is 0. The number of H-pyrrole nitrogens is 1. The largest absolute Gasteiger partial charge is 0.491 e. The van der Waals surface area contributed by atoms with Crippen LogP contribution in [0.2, 0.25) is 0 Å². The van der Waals surface area contributed by atoms with Crippen molar-refractivity contribution >= 4 is 22.5 Å². The summed E-state index contributed by atoms with van der Waals surface area (Å²) in [6.07, 6.45) is 3.78. The van der Waals surface area contributed by atoms with Crippen LogP contribution in [0.15, 0.2) is 66.9 Å². The van der Waals surface area contributed by atoms with E-state index in [0.717, 1.165) is 34.9 Å². The van der Waals surface area contributed by atoms with Crippen molar-refractivity contribution in [2.45, 2.75) is 31.3 Å². The molecule has 0 bridgehead atoms. The molecule has 0 spiro atoms. The summed E-state index contributed by atoms with van der Waals surface area (Å²) < 4.78 is 11.2. The number of aromatic nitrogens is 3. The Morgan fingerprint density at radius 1 is 1.12 bits per heavy atom. The van der Waals surface area contributed by atoms with E-state index in [1.807, 2.05) is 48.5 Å². The molecule has 2 N–H and O–H groups in total. The topological polar surface area (TPSA) is 89.1 Å². The lowest BCUT2D eigenvalue weighted by molar-refractivity contribution is -0.115. The highest BCUT2D eigenvalue weighted by molar-refractivity contribution is 5.95. The van der Waals surface area contributed by atoms with Crippen molar-refractivity contribution < 1.29 is 14.3 Å². The number of fused-ring (bicyclic) bond motifs is 1. The van der Waals surface area contributed by atoms with Crippen LogP contribution in [0.1, 0.15) is 30.0 Å². The average molecular weight is 428 g/mol. The molecule has 4 aromatic rings. The quantitative estimate of drug-likeness (QED) is 0.453. The average Bonchev–Trinajstić information content (AvgIpc) is 3.24. The van der Waals surface area contributed by atoms with Gasteiger partial charge in [0.05, 0.1) is 13.5 Å². The van der Waals surface area contributed by atoms with Gasteiger partial charge in [0.2, 0.25) is 5.91 Å². The van der Waals surface area contributed by atoms with Crippen LogP contribution < -0.4 is 14.8 Å². The van der Waals surface area contributed by atoms with Gasteiger partial charge in [-0.3, -0.25) is 9.89 Å². The number of pyridine rings is 1. The Morgan fingerprint density at radius 2 is 1.97 bits per heavy atom. The predicted molar refractivity (Wildman–Crippen MR) is 122 cm³/mol. The summed E-state index contributed by atoms with van der Waals surface area (Å²) in [5, 5.41) is 12.5. The molecule has 32 heavy (non-hydrogen) atoms. The minimum Gasteiger partial charge on any atom is -0.491 e. The van der Waals surface area contributed by atoms with Crippen LogP contribution in [0.5, 0.6) is 11.6 Å². The first-order valence-electron chi connectivity index (χ1n) is 10.7. The number of nitrogens with zero attached hydrogens (tertiary/aromatic N) is 2. The maximum atomic E-state index is 12.6. The number of ether oxygens (including phenoxy) is 2. The Balaban J connectivity index is 1.16. The van der Waals surface area contributed by atoms with E-state index in [1.54, 1.807) is 13.3 Å². The van der Waals surface area contributed by atoms with Crippen molar-refractivity contribution in [3.05, 3.63) is 78.1 Å². The second-order valence-corrected chi connectivity index (χ2v) is 7.99. The van der Waals surface area contributed by atoms with E-state index in [9.17, 15) is 4.79 Å². The molecule has 7 heteroatoms. The van der Waals surface area contributed by atoms with Crippen LogP contribution >= 0.6 is 0 Å². The lowest BCUT2D eigenvalue weighted by atomic mass is 9.80. The van der Waals surface area contributed by atoms with Crippen LogP contribution in [0.3, 0.4) is 0 Å². The molecule has 2 aromatic carbocycles. The van der Waals surface area contributed by atoms with Gasteiger partial charge in [0, 0.05) is 23.9 Å². The fourth-order valence-electron chi connectivity index (χ4n) is 4.11. The van der Waals surface area contributed by atoms with Gasteiger partial charge in [-0.05, 0) is 41.3 Å². The summed E-state index contributed by atoms with van der Waals surface area (Å²) in [5.41, 5.74) is 2.00. The van der Waals surface area contributed by atoms with Gasteiger partial charge >= 0.3 is 0 Å². The molecule has 0 saturated heterocycles. The number of methoxy groups -OCH3 is 1. The Bertz CT molecular complexity index is 1240. The molecular formula is C25H24N4O3. The molecule has 0 radical (unpaired) electrons. The number of carbonyl (C=O) groups excluding carboxylic acids is 1. The van der Waals surface area contributed by atoms with E-state index in [-0.39, 0.29) is 12.0 Å². The molecule has 5 rings (SSSR count). The first-order valence-corrected chi connectivity index (χ1v) is 10.7. The second-order valence-electron chi connectivity index (χ2n) is 7.99. The zero-order chi connectivity index (χ0) is 21.9. The summed E-state index contributed by atoms with van der Waals surface area (Å²) in [7, 11) is 1.61. The maximum absolute atomic E-state index is 12.6. The van der Waals surface area contributed by atoms with Gasteiger partial charge < -0.3 is 14.8 Å². The molecule has 0 aliphatic heterocycles. The van der Waals surface area contributed by atoms with Crippen molar-refractivity contribution in [1.82, 2.24) is 15.2 Å². The molecule has 0 atom stereocenters. The molecule has 2 aromatic heterocycles. The zero-order valence-corrected chi connectivity index (χ0v) is 17.7. The van der Waals surface area contributed by atoms with Crippen LogP contribution in [-0.4, -0.2) is 34.3 Å². The van der Waals surface area contributed by atoms with Gasteiger partial charge in [-0.2, -0.15) is 5.10 Å². The highest BCUT2D eigenvalue weighted by Crippen LogP contribution is 2.40. The van der Waals surface area contributed by atoms with Crippen LogP contribution in [0, 0.1) is 0 Å². The fourth-order valence-corrected chi connectivity index (χ4v) is 4.11.